The number of nitrogens with one attached hydrogen (secondary N) is 1. The van der Waals surface area contributed by atoms with Crippen LogP contribution in [0, 0.1) is 0 Å². The fourth-order valence-electron chi connectivity index (χ4n) is 2.81. The largest absolute Gasteiger partial charge is 0.372 e. The van der Waals surface area contributed by atoms with Gasteiger partial charge < -0.3 is 10.1 Å². The molecule has 3 aromatic rings. The van der Waals surface area contributed by atoms with E-state index in [9.17, 15) is 0 Å². The van der Waals surface area contributed by atoms with Crippen molar-refractivity contribution in [3.05, 3.63) is 54.1 Å². The van der Waals surface area contributed by atoms with Crippen LogP contribution in [-0.2, 0) is 18.0 Å². The van der Waals surface area contributed by atoms with Crippen molar-refractivity contribution >= 4 is 5.95 Å². The predicted molar refractivity (Wildman–Crippen MR) is 91.8 cm³/mol. The molecular weight excluding hydrogens is 302 g/mol. The zero-order valence-corrected chi connectivity index (χ0v) is 13.7. The topological polar surface area (TPSA) is 64.9 Å². The minimum Gasteiger partial charge on any atom is -0.372 e. The number of imidazole rings is 1. The van der Waals surface area contributed by atoms with Crippen molar-refractivity contribution < 1.29 is 4.74 Å². The number of ether oxygens (including phenoxy) is 1. The van der Waals surface area contributed by atoms with Crippen LogP contribution in [-0.4, -0.2) is 25.6 Å². The number of rotatable bonds is 4. The molecule has 1 N–H and O–H groups in total. The molecule has 3 heterocycles. The molecule has 0 unspecified atom stereocenters. The van der Waals surface area contributed by atoms with Crippen molar-refractivity contribution in [2.24, 2.45) is 0 Å². The first-order valence-electron chi connectivity index (χ1n) is 8.03. The molecule has 0 radical (unpaired) electrons. The highest BCUT2D eigenvalue weighted by molar-refractivity contribution is 5.58. The lowest BCUT2D eigenvalue weighted by Crippen LogP contribution is -2.12. The van der Waals surface area contributed by atoms with Crippen molar-refractivity contribution in [2.45, 2.75) is 33.1 Å². The van der Waals surface area contributed by atoms with Crippen LogP contribution in [0.5, 0.6) is 0 Å². The van der Waals surface area contributed by atoms with E-state index in [-0.39, 0.29) is 0 Å². The Balaban J connectivity index is 1.67. The number of benzene rings is 1. The summed E-state index contributed by atoms with van der Waals surface area (Å²) >= 11 is 0. The van der Waals surface area contributed by atoms with Gasteiger partial charge in [-0.15, -0.1) is 0 Å². The van der Waals surface area contributed by atoms with Gasteiger partial charge in [-0.2, -0.15) is 0 Å². The zero-order valence-electron chi connectivity index (χ0n) is 13.7. The number of hydrogen-bond acceptors (Lipinski definition) is 5. The third-order valence-corrected chi connectivity index (χ3v) is 3.95. The van der Waals surface area contributed by atoms with Crippen LogP contribution in [0.3, 0.4) is 0 Å². The smallest absolute Gasteiger partial charge is 0.222 e. The molecular formula is C18H19N5O. The standard InChI is InChI=1S/C18H19N5O/c1-12(2)22-18-20-8-15(9-21-18)17-19-5-6-23(17)16-4-3-13-10-24-11-14(13)7-16/h3-9,12H,10-11H2,1-2H3,(H,20,21,22). The maximum absolute atomic E-state index is 5.50. The summed E-state index contributed by atoms with van der Waals surface area (Å²) in [7, 11) is 0. The quantitative estimate of drug-likeness (QED) is 0.799. The van der Waals surface area contributed by atoms with Crippen molar-refractivity contribution in [3.8, 4) is 17.1 Å². The number of aromatic nitrogens is 4. The molecule has 6 nitrogen and oxygen atoms in total. The first kappa shape index (κ1) is 14.8. The van der Waals surface area contributed by atoms with Crippen molar-refractivity contribution in [1.29, 1.82) is 0 Å². The average Bonchev–Trinajstić information content (AvgIpc) is 3.23. The molecule has 1 aliphatic heterocycles. The summed E-state index contributed by atoms with van der Waals surface area (Å²) < 4.78 is 7.54. The molecule has 1 aromatic carbocycles. The van der Waals surface area contributed by atoms with Gasteiger partial charge in [0.2, 0.25) is 5.95 Å². The van der Waals surface area contributed by atoms with Crippen LogP contribution in [0.15, 0.2) is 43.0 Å². The highest BCUT2D eigenvalue weighted by atomic mass is 16.5. The maximum atomic E-state index is 5.50. The normalized spacial score (nSPS) is 13.3. The lowest BCUT2D eigenvalue weighted by Gasteiger charge is -2.10. The van der Waals surface area contributed by atoms with Gasteiger partial charge in [-0.05, 0) is 37.1 Å². The molecule has 122 valence electrons. The number of hydrogen-bond donors (Lipinski definition) is 1. The van der Waals surface area contributed by atoms with Crippen LogP contribution < -0.4 is 5.32 Å². The van der Waals surface area contributed by atoms with Crippen LogP contribution in [0.2, 0.25) is 0 Å². The summed E-state index contributed by atoms with van der Waals surface area (Å²) in [5, 5.41) is 3.19. The summed E-state index contributed by atoms with van der Waals surface area (Å²) in [6.07, 6.45) is 7.34. The first-order chi connectivity index (χ1) is 11.7. The van der Waals surface area contributed by atoms with Gasteiger partial charge in [-0.1, -0.05) is 6.07 Å². The van der Waals surface area contributed by atoms with Gasteiger partial charge in [0.15, 0.2) is 0 Å². The van der Waals surface area contributed by atoms with E-state index < -0.39 is 0 Å². The van der Waals surface area contributed by atoms with Gasteiger partial charge >= 0.3 is 0 Å². The fraction of sp³-hybridized carbons (Fsp3) is 0.278. The van der Waals surface area contributed by atoms with Crippen molar-refractivity contribution in [3.63, 3.8) is 0 Å². The summed E-state index contributed by atoms with van der Waals surface area (Å²) in [5.41, 5.74) is 4.44. The second kappa shape index (κ2) is 6.05. The van der Waals surface area contributed by atoms with Crippen molar-refractivity contribution in [1.82, 2.24) is 19.5 Å². The molecule has 0 spiro atoms. The van der Waals surface area contributed by atoms with E-state index in [0.717, 1.165) is 17.1 Å². The van der Waals surface area contributed by atoms with Gasteiger partial charge in [-0.25, -0.2) is 15.0 Å². The molecule has 4 rings (SSSR count). The third-order valence-electron chi connectivity index (χ3n) is 3.95. The average molecular weight is 321 g/mol. The lowest BCUT2D eigenvalue weighted by atomic mass is 10.1. The van der Waals surface area contributed by atoms with E-state index in [0.29, 0.717) is 25.2 Å². The van der Waals surface area contributed by atoms with Gasteiger partial charge in [0, 0.05) is 36.5 Å². The molecule has 0 fully saturated rings. The van der Waals surface area contributed by atoms with E-state index in [1.807, 2.05) is 10.8 Å². The predicted octanol–water partition coefficient (Wildman–Crippen LogP) is 3.18. The summed E-state index contributed by atoms with van der Waals surface area (Å²) in [6, 6.07) is 6.66. The summed E-state index contributed by atoms with van der Waals surface area (Å²) in [4.78, 5) is 13.2. The lowest BCUT2D eigenvalue weighted by molar-refractivity contribution is 0.134. The Hall–Kier alpha value is -2.73. The van der Waals surface area contributed by atoms with Gasteiger partial charge in [-0.3, -0.25) is 4.57 Å². The first-order valence-corrected chi connectivity index (χ1v) is 8.03. The Morgan fingerprint density at radius 1 is 1.08 bits per heavy atom. The van der Waals surface area contributed by atoms with E-state index in [1.165, 1.54) is 11.1 Å². The van der Waals surface area contributed by atoms with Gasteiger partial charge in [0.25, 0.3) is 0 Å². The molecule has 0 saturated carbocycles. The molecule has 24 heavy (non-hydrogen) atoms. The fourth-order valence-corrected chi connectivity index (χ4v) is 2.81. The van der Waals surface area contributed by atoms with Crippen LogP contribution >= 0.6 is 0 Å². The van der Waals surface area contributed by atoms with Gasteiger partial charge in [0.1, 0.15) is 5.82 Å². The molecule has 0 bridgehead atoms. The Morgan fingerprint density at radius 3 is 2.67 bits per heavy atom. The Kier molecular flexibility index (Phi) is 3.74. The number of fused-ring (bicyclic) bond motifs is 1. The van der Waals surface area contributed by atoms with E-state index >= 15 is 0 Å². The molecule has 0 atom stereocenters. The van der Waals surface area contributed by atoms with Crippen LogP contribution in [0.1, 0.15) is 25.0 Å². The highest BCUT2D eigenvalue weighted by Gasteiger charge is 2.14. The third kappa shape index (κ3) is 2.76. The highest BCUT2D eigenvalue weighted by Crippen LogP contribution is 2.26. The SMILES string of the molecule is CC(C)Nc1ncc(-c2nccn2-c2ccc3c(c2)COC3)cn1. The van der Waals surface area contributed by atoms with E-state index in [4.69, 9.17) is 4.74 Å². The van der Waals surface area contributed by atoms with E-state index in [2.05, 4.69) is 52.3 Å². The molecule has 0 amide bonds. The monoisotopic (exact) mass is 321 g/mol. The number of anilines is 1. The van der Waals surface area contributed by atoms with E-state index in [1.54, 1.807) is 18.6 Å². The molecule has 6 heteroatoms. The second-order valence-electron chi connectivity index (χ2n) is 6.16. The Labute approximate surface area is 140 Å². The Bertz CT molecular complexity index is 854. The van der Waals surface area contributed by atoms with Crippen molar-refractivity contribution in [2.75, 3.05) is 5.32 Å². The molecule has 1 aliphatic rings. The second-order valence-corrected chi connectivity index (χ2v) is 6.16. The summed E-state index contributed by atoms with van der Waals surface area (Å²) in [6.45, 7) is 5.49. The zero-order chi connectivity index (χ0) is 16.5. The minimum atomic E-state index is 0.298. The number of nitrogens with zero attached hydrogens (tertiary/aromatic N) is 4. The maximum Gasteiger partial charge on any atom is 0.222 e. The Morgan fingerprint density at radius 2 is 1.88 bits per heavy atom. The molecule has 0 aliphatic carbocycles. The molecule has 0 saturated heterocycles. The summed E-state index contributed by atoms with van der Waals surface area (Å²) in [5.74, 6) is 1.45. The minimum absolute atomic E-state index is 0.298. The van der Waals surface area contributed by atoms with Crippen LogP contribution in [0.4, 0.5) is 5.95 Å². The van der Waals surface area contributed by atoms with Crippen LogP contribution in [0.25, 0.3) is 17.1 Å². The molecule has 2 aromatic heterocycles. The van der Waals surface area contributed by atoms with Gasteiger partial charge in [0.05, 0.1) is 18.8 Å².